The number of pyridine rings is 2. The summed E-state index contributed by atoms with van der Waals surface area (Å²) in [7, 11) is 0. The lowest BCUT2D eigenvalue weighted by Gasteiger charge is -2.18. The number of carbonyl (C=O) groups excluding carboxylic acids is 2. The Kier molecular flexibility index (Phi) is 7.77. The van der Waals surface area contributed by atoms with E-state index in [9.17, 15) is 14.0 Å². The number of nitrogens with zero attached hydrogens (tertiary/aromatic N) is 3. The molecular formula is C30H28FN5O3. The highest BCUT2D eigenvalue weighted by Crippen LogP contribution is 2.24. The first-order valence-electron chi connectivity index (χ1n) is 12.7. The van der Waals surface area contributed by atoms with E-state index in [0.29, 0.717) is 40.7 Å². The second-order valence-electron chi connectivity index (χ2n) is 9.29. The van der Waals surface area contributed by atoms with Crippen molar-refractivity contribution >= 4 is 28.9 Å². The number of aromatic nitrogens is 2. The molecule has 4 aromatic rings. The standard InChI is InChI=1S/C30H28FN5O3/c1-20-28(30(38)34-23-7-9-27(10-8-23)39-19-24-6-2-3-11-32-24)17-25(18-33-20)35-29(37)21-14-22(31)16-26(15-21)36-12-4-5-13-36/h2-3,6-11,14-18H,4-5,12-13,19H2,1H3,(H,34,38)(H,35,37). The van der Waals surface area contributed by atoms with Crippen LogP contribution in [0.4, 0.5) is 21.5 Å². The van der Waals surface area contributed by atoms with E-state index in [4.69, 9.17) is 4.74 Å². The lowest BCUT2D eigenvalue weighted by molar-refractivity contribution is 0.101. The van der Waals surface area contributed by atoms with Crippen molar-refractivity contribution in [1.29, 1.82) is 0 Å². The van der Waals surface area contributed by atoms with Gasteiger partial charge in [0.05, 0.1) is 28.8 Å². The number of halogens is 1. The number of aryl methyl sites for hydroxylation is 1. The van der Waals surface area contributed by atoms with Crippen molar-refractivity contribution in [3.8, 4) is 5.75 Å². The van der Waals surface area contributed by atoms with Crippen LogP contribution in [0.3, 0.4) is 0 Å². The number of anilines is 3. The molecule has 1 aliphatic heterocycles. The van der Waals surface area contributed by atoms with E-state index < -0.39 is 11.7 Å². The summed E-state index contributed by atoms with van der Waals surface area (Å²) in [5.41, 5.74) is 3.42. The maximum absolute atomic E-state index is 14.3. The highest BCUT2D eigenvalue weighted by atomic mass is 19.1. The van der Waals surface area contributed by atoms with Gasteiger partial charge in [0.1, 0.15) is 18.2 Å². The van der Waals surface area contributed by atoms with E-state index in [-0.39, 0.29) is 11.5 Å². The Labute approximate surface area is 225 Å². The number of hydrogen-bond donors (Lipinski definition) is 2. The normalized spacial score (nSPS) is 12.7. The molecule has 2 aromatic heterocycles. The minimum Gasteiger partial charge on any atom is -0.487 e. The van der Waals surface area contributed by atoms with Crippen LogP contribution >= 0.6 is 0 Å². The van der Waals surface area contributed by atoms with Gasteiger partial charge in [-0.1, -0.05) is 6.07 Å². The zero-order valence-corrected chi connectivity index (χ0v) is 21.5. The topological polar surface area (TPSA) is 96.5 Å². The summed E-state index contributed by atoms with van der Waals surface area (Å²) < 4.78 is 20.0. The number of amides is 2. The van der Waals surface area contributed by atoms with Crippen molar-refractivity contribution in [3.05, 3.63) is 107 Å². The zero-order chi connectivity index (χ0) is 27.2. The number of benzene rings is 2. The molecule has 2 aromatic carbocycles. The minimum atomic E-state index is -0.478. The van der Waals surface area contributed by atoms with Crippen LogP contribution in [0, 0.1) is 12.7 Å². The molecule has 8 nitrogen and oxygen atoms in total. The van der Waals surface area contributed by atoms with Gasteiger partial charge in [0.25, 0.3) is 11.8 Å². The van der Waals surface area contributed by atoms with Gasteiger partial charge in [0.15, 0.2) is 0 Å². The molecule has 5 rings (SSSR count). The van der Waals surface area contributed by atoms with Crippen molar-refractivity contribution in [2.24, 2.45) is 0 Å². The number of hydrogen-bond acceptors (Lipinski definition) is 6. The van der Waals surface area contributed by atoms with Crippen LogP contribution in [0.25, 0.3) is 0 Å². The number of rotatable bonds is 8. The predicted octanol–water partition coefficient (Wildman–Crippen LogP) is 5.61. The van der Waals surface area contributed by atoms with Gasteiger partial charge in [-0.05, 0) is 80.4 Å². The first kappa shape index (κ1) is 25.8. The molecule has 0 bridgehead atoms. The maximum Gasteiger partial charge on any atom is 0.257 e. The summed E-state index contributed by atoms with van der Waals surface area (Å²) in [5, 5.41) is 5.58. The average molecular weight is 526 g/mol. The molecule has 198 valence electrons. The summed E-state index contributed by atoms with van der Waals surface area (Å²) in [6.07, 6.45) is 5.27. The van der Waals surface area contributed by atoms with Crippen LogP contribution < -0.4 is 20.3 Å². The summed E-state index contributed by atoms with van der Waals surface area (Å²) in [4.78, 5) is 36.5. The lowest BCUT2D eigenvalue weighted by Crippen LogP contribution is -2.20. The molecule has 0 unspecified atom stereocenters. The van der Waals surface area contributed by atoms with E-state index in [1.165, 1.54) is 18.3 Å². The predicted molar refractivity (Wildman–Crippen MR) is 148 cm³/mol. The molecule has 3 heterocycles. The largest absolute Gasteiger partial charge is 0.487 e. The Hall–Kier alpha value is -4.79. The van der Waals surface area contributed by atoms with E-state index in [1.54, 1.807) is 49.5 Å². The molecule has 0 spiro atoms. The molecule has 1 fully saturated rings. The molecule has 0 radical (unpaired) electrons. The molecule has 0 saturated carbocycles. The SMILES string of the molecule is Cc1ncc(NC(=O)c2cc(F)cc(N3CCCC3)c2)cc1C(=O)Nc1ccc(OCc2ccccn2)cc1. The van der Waals surface area contributed by atoms with Crippen LogP contribution in [-0.4, -0.2) is 34.9 Å². The maximum atomic E-state index is 14.3. The quantitative estimate of drug-likeness (QED) is 0.311. The van der Waals surface area contributed by atoms with Crippen LogP contribution in [0.5, 0.6) is 5.75 Å². The molecule has 1 aliphatic rings. The van der Waals surface area contributed by atoms with Crippen molar-refractivity contribution in [2.45, 2.75) is 26.4 Å². The van der Waals surface area contributed by atoms with Crippen LogP contribution in [0.2, 0.25) is 0 Å². The summed E-state index contributed by atoms with van der Waals surface area (Å²) in [6.45, 7) is 3.73. The molecule has 0 atom stereocenters. The highest BCUT2D eigenvalue weighted by Gasteiger charge is 2.18. The van der Waals surface area contributed by atoms with Gasteiger partial charge in [-0.25, -0.2) is 4.39 Å². The van der Waals surface area contributed by atoms with Gasteiger partial charge in [0.2, 0.25) is 0 Å². The number of ether oxygens (including phenoxy) is 1. The Morgan fingerprint density at radius 1 is 0.923 bits per heavy atom. The van der Waals surface area contributed by atoms with Gasteiger partial charge in [-0.2, -0.15) is 0 Å². The lowest BCUT2D eigenvalue weighted by atomic mass is 10.1. The van der Waals surface area contributed by atoms with Crippen molar-refractivity contribution in [1.82, 2.24) is 9.97 Å². The van der Waals surface area contributed by atoms with E-state index in [0.717, 1.165) is 31.6 Å². The third kappa shape index (κ3) is 6.56. The minimum absolute atomic E-state index is 0.203. The molecule has 1 saturated heterocycles. The fourth-order valence-corrected chi connectivity index (χ4v) is 4.37. The van der Waals surface area contributed by atoms with Gasteiger partial charge in [-0.15, -0.1) is 0 Å². The van der Waals surface area contributed by atoms with Gasteiger partial charge >= 0.3 is 0 Å². The third-order valence-electron chi connectivity index (χ3n) is 6.43. The Morgan fingerprint density at radius 3 is 2.44 bits per heavy atom. The Bertz CT molecular complexity index is 1470. The fourth-order valence-electron chi connectivity index (χ4n) is 4.37. The monoisotopic (exact) mass is 525 g/mol. The van der Waals surface area contributed by atoms with Crippen LogP contribution in [0.15, 0.2) is 79.1 Å². The van der Waals surface area contributed by atoms with E-state index in [2.05, 4.69) is 25.5 Å². The van der Waals surface area contributed by atoms with E-state index >= 15 is 0 Å². The Morgan fingerprint density at radius 2 is 1.69 bits per heavy atom. The first-order chi connectivity index (χ1) is 18.9. The van der Waals surface area contributed by atoms with Crippen LogP contribution in [0.1, 0.15) is 44.9 Å². The number of carbonyl (C=O) groups is 2. The third-order valence-corrected chi connectivity index (χ3v) is 6.43. The fraction of sp³-hybridized carbons (Fsp3) is 0.200. The van der Waals surface area contributed by atoms with Gasteiger partial charge in [0, 0.05) is 36.2 Å². The van der Waals surface area contributed by atoms with Gasteiger partial charge in [-0.3, -0.25) is 19.6 Å². The summed E-state index contributed by atoms with van der Waals surface area (Å²) in [6, 6.07) is 18.5. The van der Waals surface area contributed by atoms with E-state index in [1.807, 2.05) is 18.2 Å². The van der Waals surface area contributed by atoms with Crippen LogP contribution in [-0.2, 0) is 6.61 Å². The average Bonchev–Trinajstić information content (AvgIpc) is 3.49. The molecule has 2 N–H and O–H groups in total. The molecular weight excluding hydrogens is 497 g/mol. The Balaban J connectivity index is 1.23. The second kappa shape index (κ2) is 11.7. The molecule has 0 aliphatic carbocycles. The second-order valence-corrected chi connectivity index (χ2v) is 9.29. The van der Waals surface area contributed by atoms with Crippen molar-refractivity contribution in [3.63, 3.8) is 0 Å². The molecule has 2 amide bonds. The molecule has 39 heavy (non-hydrogen) atoms. The molecule has 9 heteroatoms. The highest BCUT2D eigenvalue weighted by molar-refractivity contribution is 6.08. The number of nitrogens with one attached hydrogen (secondary N) is 2. The van der Waals surface area contributed by atoms with Crippen molar-refractivity contribution in [2.75, 3.05) is 28.6 Å². The summed E-state index contributed by atoms with van der Waals surface area (Å²) in [5.74, 6) is -0.681. The van der Waals surface area contributed by atoms with Crippen molar-refractivity contribution < 1.29 is 18.7 Å². The van der Waals surface area contributed by atoms with Gasteiger partial charge < -0.3 is 20.3 Å². The smallest absolute Gasteiger partial charge is 0.257 e. The summed E-state index contributed by atoms with van der Waals surface area (Å²) >= 11 is 0. The first-order valence-corrected chi connectivity index (χ1v) is 12.7. The zero-order valence-electron chi connectivity index (χ0n) is 21.5.